The Hall–Kier alpha value is 0. The van der Waals surface area contributed by atoms with Crippen molar-refractivity contribution in [1.29, 1.82) is 0 Å². The molecule has 0 aromatic rings. The molecule has 144 valence electrons. The first kappa shape index (κ1) is 22.0. The zero-order valence-corrected chi connectivity index (χ0v) is 17.3. The fourth-order valence-electron chi connectivity index (χ4n) is 4.56. The van der Waals surface area contributed by atoms with Crippen molar-refractivity contribution >= 4 is 0 Å². The maximum Gasteiger partial charge on any atom is -0.0417 e. The topological polar surface area (TPSA) is 0 Å². The zero-order chi connectivity index (χ0) is 17.3. The smallest absolute Gasteiger partial charge is 0.0417 e. The van der Waals surface area contributed by atoms with Gasteiger partial charge in [-0.3, -0.25) is 0 Å². The van der Waals surface area contributed by atoms with Gasteiger partial charge in [0.1, 0.15) is 0 Å². The maximum atomic E-state index is 2.42. The molecule has 0 heteroatoms. The van der Waals surface area contributed by atoms with Crippen LogP contribution in [0.15, 0.2) is 0 Å². The summed E-state index contributed by atoms with van der Waals surface area (Å²) in [6, 6.07) is 0. The highest BCUT2D eigenvalue weighted by Crippen LogP contribution is 2.26. The fraction of sp³-hybridized carbons (Fsp3) is 1.00. The lowest BCUT2D eigenvalue weighted by Crippen LogP contribution is -2.05. The van der Waals surface area contributed by atoms with Gasteiger partial charge in [0.25, 0.3) is 0 Å². The van der Waals surface area contributed by atoms with Crippen molar-refractivity contribution < 1.29 is 0 Å². The van der Waals surface area contributed by atoms with Crippen molar-refractivity contribution in [3.05, 3.63) is 0 Å². The van der Waals surface area contributed by atoms with Gasteiger partial charge in [0.2, 0.25) is 0 Å². The molecule has 2 unspecified atom stereocenters. The summed E-state index contributed by atoms with van der Waals surface area (Å²) in [5, 5.41) is 0. The predicted octanol–water partition coefficient (Wildman–Crippen LogP) is 9.07. The standard InChI is InChI=1S/C24H48/c1-3-23-19-17-15-13-11-9-7-5-6-8-10-12-14-16-18-20-24(4-2)22-21-23/h23-24H,3-22H2,1-2H3. The Kier molecular flexibility index (Phi) is 15.1. The van der Waals surface area contributed by atoms with Crippen LogP contribution in [0.4, 0.5) is 0 Å². The molecule has 0 bridgehead atoms. The monoisotopic (exact) mass is 336 g/mol. The van der Waals surface area contributed by atoms with Gasteiger partial charge in [0.15, 0.2) is 0 Å². The third kappa shape index (κ3) is 12.4. The van der Waals surface area contributed by atoms with Crippen molar-refractivity contribution in [3.63, 3.8) is 0 Å². The van der Waals surface area contributed by atoms with Crippen LogP contribution < -0.4 is 0 Å². The van der Waals surface area contributed by atoms with Gasteiger partial charge in [-0.25, -0.2) is 0 Å². The fourth-order valence-corrected chi connectivity index (χ4v) is 4.56. The van der Waals surface area contributed by atoms with Gasteiger partial charge in [0, 0.05) is 0 Å². The number of hydrogen-bond acceptors (Lipinski definition) is 0. The van der Waals surface area contributed by atoms with Gasteiger partial charge in [-0.15, -0.1) is 0 Å². The summed E-state index contributed by atoms with van der Waals surface area (Å²) < 4.78 is 0. The van der Waals surface area contributed by atoms with Crippen molar-refractivity contribution in [2.24, 2.45) is 11.8 Å². The Morgan fingerprint density at radius 3 is 0.875 bits per heavy atom. The zero-order valence-electron chi connectivity index (χ0n) is 17.3. The van der Waals surface area contributed by atoms with Crippen molar-refractivity contribution in [3.8, 4) is 0 Å². The third-order valence-electron chi connectivity index (χ3n) is 6.61. The van der Waals surface area contributed by atoms with Crippen molar-refractivity contribution in [2.45, 2.75) is 142 Å². The highest BCUT2D eigenvalue weighted by atomic mass is 14.2. The molecule has 24 heavy (non-hydrogen) atoms. The van der Waals surface area contributed by atoms with Crippen LogP contribution >= 0.6 is 0 Å². The second-order valence-electron chi connectivity index (χ2n) is 8.65. The van der Waals surface area contributed by atoms with E-state index in [0.717, 1.165) is 11.8 Å². The van der Waals surface area contributed by atoms with Gasteiger partial charge in [0.05, 0.1) is 0 Å². The van der Waals surface area contributed by atoms with Gasteiger partial charge in [-0.1, -0.05) is 142 Å². The molecule has 1 aliphatic carbocycles. The summed E-state index contributed by atoms with van der Waals surface area (Å²) in [5.41, 5.74) is 0. The van der Waals surface area contributed by atoms with E-state index in [1.807, 2.05) is 0 Å². The van der Waals surface area contributed by atoms with E-state index in [1.165, 1.54) is 128 Å². The Balaban J connectivity index is 2.28. The largest absolute Gasteiger partial charge is 0.0651 e. The lowest BCUT2D eigenvalue weighted by atomic mass is 9.86. The normalized spacial score (nSPS) is 28.2. The third-order valence-corrected chi connectivity index (χ3v) is 6.61. The highest BCUT2D eigenvalue weighted by molar-refractivity contribution is 4.64. The Bertz CT molecular complexity index is 218. The van der Waals surface area contributed by atoms with Crippen LogP contribution in [0.2, 0.25) is 0 Å². The van der Waals surface area contributed by atoms with Crippen LogP contribution in [0.3, 0.4) is 0 Å². The summed E-state index contributed by atoms with van der Waals surface area (Å²) in [6.45, 7) is 4.84. The van der Waals surface area contributed by atoms with Crippen molar-refractivity contribution in [1.82, 2.24) is 0 Å². The Morgan fingerprint density at radius 2 is 0.625 bits per heavy atom. The van der Waals surface area contributed by atoms with E-state index in [2.05, 4.69) is 13.8 Å². The van der Waals surface area contributed by atoms with Gasteiger partial charge in [-0.2, -0.15) is 0 Å². The molecule has 0 saturated heterocycles. The van der Waals surface area contributed by atoms with Crippen LogP contribution in [0.25, 0.3) is 0 Å². The van der Waals surface area contributed by atoms with Crippen LogP contribution in [-0.4, -0.2) is 0 Å². The molecule has 0 aliphatic heterocycles. The SMILES string of the molecule is CCC1CCCCCCCCCCCCCCCCC(CC)CC1. The summed E-state index contributed by atoms with van der Waals surface area (Å²) in [7, 11) is 0. The average molecular weight is 337 g/mol. The van der Waals surface area contributed by atoms with E-state index >= 15 is 0 Å². The summed E-state index contributed by atoms with van der Waals surface area (Å²) in [6.07, 6.45) is 29.8. The minimum atomic E-state index is 1.02. The maximum absolute atomic E-state index is 2.42. The number of rotatable bonds is 2. The van der Waals surface area contributed by atoms with Gasteiger partial charge < -0.3 is 0 Å². The highest BCUT2D eigenvalue weighted by Gasteiger charge is 2.11. The van der Waals surface area contributed by atoms with Crippen LogP contribution in [0, 0.1) is 11.8 Å². The lowest BCUT2D eigenvalue weighted by Gasteiger charge is -2.20. The van der Waals surface area contributed by atoms with Crippen LogP contribution in [-0.2, 0) is 0 Å². The molecule has 0 N–H and O–H groups in total. The van der Waals surface area contributed by atoms with Crippen molar-refractivity contribution in [2.75, 3.05) is 0 Å². The predicted molar refractivity (Wildman–Crippen MR) is 111 cm³/mol. The minimum absolute atomic E-state index is 1.02. The number of hydrogen-bond donors (Lipinski definition) is 0. The van der Waals surface area contributed by atoms with E-state index in [9.17, 15) is 0 Å². The molecule has 0 amide bonds. The molecule has 0 nitrogen and oxygen atoms in total. The molecular weight excluding hydrogens is 288 g/mol. The van der Waals surface area contributed by atoms with E-state index in [4.69, 9.17) is 0 Å². The molecule has 0 heterocycles. The summed E-state index contributed by atoms with van der Waals surface area (Å²) >= 11 is 0. The summed E-state index contributed by atoms with van der Waals surface area (Å²) in [4.78, 5) is 0. The first-order valence-corrected chi connectivity index (χ1v) is 11.9. The average Bonchev–Trinajstić information content (AvgIpc) is 2.60. The summed E-state index contributed by atoms with van der Waals surface area (Å²) in [5.74, 6) is 2.04. The Labute approximate surface area is 154 Å². The molecule has 1 aliphatic rings. The molecule has 1 saturated carbocycles. The molecular formula is C24H48. The van der Waals surface area contributed by atoms with E-state index < -0.39 is 0 Å². The van der Waals surface area contributed by atoms with E-state index in [1.54, 1.807) is 0 Å². The van der Waals surface area contributed by atoms with E-state index in [-0.39, 0.29) is 0 Å². The molecule has 0 radical (unpaired) electrons. The second kappa shape index (κ2) is 16.5. The second-order valence-corrected chi connectivity index (χ2v) is 8.65. The first-order valence-electron chi connectivity index (χ1n) is 11.9. The Morgan fingerprint density at radius 1 is 0.375 bits per heavy atom. The van der Waals surface area contributed by atoms with Gasteiger partial charge >= 0.3 is 0 Å². The molecule has 0 aromatic carbocycles. The molecule has 0 aromatic heterocycles. The van der Waals surface area contributed by atoms with E-state index in [0.29, 0.717) is 0 Å². The molecule has 2 atom stereocenters. The van der Waals surface area contributed by atoms with Crippen LogP contribution in [0.5, 0.6) is 0 Å². The van der Waals surface area contributed by atoms with Crippen LogP contribution in [0.1, 0.15) is 142 Å². The first-order chi connectivity index (χ1) is 11.9. The molecule has 1 rings (SSSR count). The lowest BCUT2D eigenvalue weighted by molar-refractivity contribution is 0.333. The quantitative estimate of drug-likeness (QED) is 0.471. The molecule has 1 fully saturated rings. The molecule has 0 spiro atoms. The minimum Gasteiger partial charge on any atom is -0.0651 e. The van der Waals surface area contributed by atoms with Gasteiger partial charge in [-0.05, 0) is 11.8 Å².